The van der Waals surface area contributed by atoms with Crippen LogP contribution in [0.2, 0.25) is 0 Å². The molecular weight excluding hydrogens is 390 g/mol. The number of nitrogens with zero attached hydrogens (tertiary/aromatic N) is 5. The molecule has 0 saturated heterocycles. The summed E-state index contributed by atoms with van der Waals surface area (Å²) < 4.78 is 0. The lowest BCUT2D eigenvalue weighted by atomic mass is 10.00. The van der Waals surface area contributed by atoms with Gasteiger partial charge in [-0.2, -0.15) is 0 Å². The van der Waals surface area contributed by atoms with E-state index in [1.54, 1.807) is 23.5 Å². The van der Waals surface area contributed by atoms with Gasteiger partial charge in [-0.05, 0) is 42.5 Å². The molecule has 156 valence electrons. The van der Waals surface area contributed by atoms with Crippen LogP contribution in [0.3, 0.4) is 0 Å². The number of carbonyl (C=O) groups is 2. The number of benzene rings is 1. The normalized spacial score (nSPS) is 15.8. The van der Waals surface area contributed by atoms with Gasteiger partial charge in [0.25, 0.3) is 5.91 Å². The molecule has 7 heteroatoms. The summed E-state index contributed by atoms with van der Waals surface area (Å²) in [5.41, 5.74) is 4.59. The number of rotatable bonds is 3. The van der Waals surface area contributed by atoms with Gasteiger partial charge in [0, 0.05) is 43.8 Å². The molecular formula is C24H23N5O2. The lowest BCUT2D eigenvalue weighted by molar-refractivity contribution is -0.132. The molecule has 31 heavy (non-hydrogen) atoms. The molecule has 5 rings (SSSR count). The maximum Gasteiger partial charge on any atom is 0.257 e. The van der Waals surface area contributed by atoms with Crippen LogP contribution in [-0.4, -0.2) is 56.2 Å². The number of hydrogen-bond donors (Lipinski definition) is 0. The van der Waals surface area contributed by atoms with Crippen molar-refractivity contribution in [3.8, 4) is 11.4 Å². The fraction of sp³-hybridized carbons (Fsp3) is 0.292. The summed E-state index contributed by atoms with van der Waals surface area (Å²) in [5.74, 6) is 0.408. The first kappa shape index (κ1) is 19.4. The first-order valence-corrected chi connectivity index (χ1v) is 10.6. The van der Waals surface area contributed by atoms with E-state index in [0.29, 0.717) is 37.4 Å². The minimum Gasteiger partial charge on any atom is -0.336 e. The van der Waals surface area contributed by atoms with Crippen LogP contribution >= 0.6 is 0 Å². The summed E-state index contributed by atoms with van der Waals surface area (Å²) >= 11 is 0. The van der Waals surface area contributed by atoms with Crippen LogP contribution < -0.4 is 0 Å². The summed E-state index contributed by atoms with van der Waals surface area (Å²) in [6, 6.07) is 11.9. The maximum atomic E-state index is 13.2. The van der Waals surface area contributed by atoms with Crippen molar-refractivity contribution in [3.05, 3.63) is 77.4 Å². The van der Waals surface area contributed by atoms with Gasteiger partial charge in [-0.1, -0.05) is 24.3 Å². The van der Waals surface area contributed by atoms with E-state index in [-0.39, 0.29) is 18.4 Å². The average Bonchev–Trinajstić information content (AvgIpc) is 2.97. The van der Waals surface area contributed by atoms with Crippen LogP contribution in [0.25, 0.3) is 11.4 Å². The first-order chi connectivity index (χ1) is 15.2. The van der Waals surface area contributed by atoms with Crippen LogP contribution in [-0.2, 0) is 24.2 Å². The smallest absolute Gasteiger partial charge is 0.257 e. The van der Waals surface area contributed by atoms with Crippen molar-refractivity contribution >= 4 is 11.8 Å². The second kappa shape index (κ2) is 8.26. The quantitative estimate of drug-likeness (QED) is 0.659. The molecule has 0 fully saturated rings. The molecule has 0 spiro atoms. The minimum atomic E-state index is -0.167. The standard InChI is InChI=1S/C24H23N5O2/c30-22(28-13-9-17-4-1-2-5-19(17)15-28)16-29-12-3-6-21-20(24(29)31)14-26-23(27-21)18-7-10-25-11-8-18/h1-2,4-5,7-8,10-11,14H,3,6,9,12-13,15-16H2. The Hall–Kier alpha value is -3.61. The van der Waals surface area contributed by atoms with E-state index >= 15 is 0 Å². The largest absolute Gasteiger partial charge is 0.336 e. The Balaban J connectivity index is 1.32. The molecule has 4 heterocycles. The molecule has 0 atom stereocenters. The molecule has 2 aliphatic rings. The number of amides is 2. The van der Waals surface area contributed by atoms with E-state index in [9.17, 15) is 9.59 Å². The Morgan fingerprint density at radius 2 is 1.81 bits per heavy atom. The maximum absolute atomic E-state index is 13.2. The third-order valence-electron chi connectivity index (χ3n) is 5.97. The van der Waals surface area contributed by atoms with E-state index < -0.39 is 0 Å². The Bertz CT molecular complexity index is 1130. The Morgan fingerprint density at radius 3 is 2.65 bits per heavy atom. The van der Waals surface area contributed by atoms with Crippen molar-refractivity contribution in [2.45, 2.75) is 25.8 Å². The van der Waals surface area contributed by atoms with Gasteiger partial charge in [-0.25, -0.2) is 9.97 Å². The van der Waals surface area contributed by atoms with Crippen molar-refractivity contribution in [3.63, 3.8) is 0 Å². The number of carbonyl (C=O) groups excluding carboxylic acids is 2. The second-order valence-corrected chi connectivity index (χ2v) is 7.95. The summed E-state index contributed by atoms with van der Waals surface area (Å²) in [6.45, 7) is 1.92. The van der Waals surface area contributed by atoms with Crippen LogP contribution in [0.5, 0.6) is 0 Å². The SMILES string of the molecule is O=C(CN1CCCc2nc(-c3ccncc3)ncc2C1=O)N1CCc2ccccc2C1. The van der Waals surface area contributed by atoms with Crippen molar-refractivity contribution in [2.24, 2.45) is 0 Å². The molecule has 0 radical (unpaired) electrons. The predicted octanol–water partition coefficient (Wildman–Crippen LogP) is 2.51. The molecule has 0 saturated carbocycles. The van der Waals surface area contributed by atoms with Crippen molar-refractivity contribution < 1.29 is 9.59 Å². The van der Waals surface area contributed by atoms with Gasteiger partial charge in [0.05, 0.1) is 11.3 Å². The van der Waals surface area contributed by atoms with E-state index in [1.165, 1.54) is 11.1 Å². The number of hydrogen-bond acceptors (Lipinski definition) is 5. The van der Waals surface area contributed by atoms with Crippen LogP contribution in [0, 0.1) is 0 Å². The highest BCUT2D eigenvalue weighted by atomic mass is 16.2. The molecule has 1 aromatic carbocycles. The molecule has 2 aliphatic heterocycles. The van der Waals surface area contributed by atoms with Crippen LogP contribution in [0.15, 0.2) is 55.0 Å². The number of fused-ring (bicyclic) bond motifs is 2. The molecule has 2 aromatic heterocycles. The molecule has 0 bridgehead atoms. The Labute approximate surface area is 180 Å². The number of aryl methyl sites for hydroxylation is 1. The third kappa shape index (κ3) is 3.91. The van der Waals surface area contributed by atoms with Gasteiger partial charge in [0.1, 0.15) is 6.54 Å². The fourth-order valence-electron chi connectivity index (χ4n) is 4.26. The van der Waals surface area contributed by atoms with E-state index in [1.807, 2.05) is 29.2 Å². The van der Waals surface area contributed by atoms with E-state index in [0.717, 1.165) is 24.1 Å². The van der Waals surface area contributed by atoms with Gasteiger partial charge >= 0.3 is 0 Å². The van der Waals surface area contributed by atoms with Gasteiger partial charge in [-0.15, -0.1) is 0 Å². The number of pyridine rings is 1. The summed E-state index contributed by atoms with van der Waals surface area (Å²) in [6.07, 6.45) is 7.29. The van der Waals surface area contributed by atoms with Gasteiger partial charge < -0.3 is 9.80 Å². The number of aromatic nitrogens is 3. The Morgan fingerprint density at radius 1 is 1.00 bits per heavy atom. The first-order valence-electron chi connectivity index (χ1n) is 10.6. The van der Waals surface area contributed by atoms with Crippen molar-refractivity contribution in [2.75, 3.05) is 19.6 Å². The predicted molar refractivity (Wildman–Crippen MR) is 115 cm³/mol. The molecule has 2 amide bonds. The molecule has 0 N–H and O–H groups in total. The zero-order valence-corrected chi connectivity index (χ0v) is 17.2. The summed E-state index contributed by atoms with van der Waals surface area (Å²) in [5, 5.41) is 0. The highest BCUT2D eigenvalue weighted by Gasteiger charge is 2.28. The van der Waals surface area contributed by atoms with Gasteiger partial charge in [-0.3, -0.25) is 14.6 Å². The van der Waals surface area contributed by atoms with E-state index in [2.05, 4.69) is 27.1 Å². The summed E-state index contributed by atoms with van der Waals surface area (Å²) in [4.78, 5) is 42.7. The molecule has 0 unspecified atom stereocenters. The monoisotopic (exact) mass is 413 g/mol. The zero-order chi connectivity index (χ0) is 21.2. The lowest BCUT2D eigenvalue weighted by Gasteiger charge is -2.31. The molecule has 7 nitrogen and oxygen atoms in total. The average molecular weight is 413 g/mol. The topological polar surface area (TPSA) is 79.3 Å². The van der Waals surface area contributed by atoms with Gasteiger partial charge in [0.15, 0.2) is 5.82 Å². The molecule has 0 aliphatic carbocycles. The minimum absolute atomic E-state index is 0.0133. The van der Waals surface area contributed by atoms with Crippen LogP contribution in [0.4, 0.5) is 0 Å². The van der Waals surface area contributed by atoms with Crippen molar-refractivity contribution in [1.29, 1.82) is 0 Å². The van der Waals surface area contributed by atoms with Crippen molar-refractivity contribution in [1.82, 2.24) is 24.8 Å². The fourth-order valence-corrected chi connectivity index (χ4v) is 4.26. The summed E-state index contributed by atoms with van der Waals surface area (Å²) in [7, 11) is 0. The third-order valence-corrected chi connectivity index (χ3v) is 5.97. The van der Waals surface area contributed by atoms with Crippen LogP contribution in [0.1, 0.15) is 33.6 Å². The van der Waals surface area contributed by atoms with E-state index in [4.69, 9.17) is 0 Å². The highest BCUT2D eigenvalue weighted by molar-refractivity contribution is 5.97. The Kier molecular flexibility index (Phi) is 5.16. The highest BCUT2D eigenvalue weighted by Crippen LogP contribution is 2.22. The second-order valence-electron chi connectivity index (χ2n) is 7.95. The lowest BCUT2D eigenvalue weighted by Crippen LogP contribution is -2.44. The zero-order valence-electron chi connectivity index (χ0n) is 17.2. The molecule has 3 aromatic rings. The van der Waals surface area contributed by atoms with Gasteiger partial charge in [0.2, 0.25) is 5.91 Å².